The summed E-state index contributed by atoms with van der Waals surface area (Å²) in [6.45, 7) is 39.3. The van der Waals surface area contributed by atoms with Gasteiger partial charge in [0.25, 0.3) is 0 Å². The van der Waals surface area contributed by atoms with Crippen molar-refractivity contribution in [2.24, 2.45) is 113 Å². The van der Waals surface area contributed by atoms with Crippen molar-refractivity contribution < 1.29 is 24.3 Å². The minimum atomic E-state index is -1.33. The number of carboxylic acid groups (broad SMARTS) is 1. The van der Waals surface area contributed by atoms with Crippen molar-refractivity contribution in [3.05, 3.63) is 24.3 Å². The summed E-state index contributed by atoms with van der Waals surface area (Å²) in [4.78, 5) is 57.5. The Balaban J connectivity index is 0.811. The number of carbonyl (C=O) groups is 4. The van der Waals surface area contributed by atoms with Crippen LogP contribution in [0.25, 0.3) is 0 Å². The maximum atomic E-state index is 15.1. The maximum absolute atomic E-state index is 15.1. The number of hydrogen-bond donors (Lipinski definition) is 5. The monoisotopic (exact) mass is 1050 g/mol. The molecule has 20 unspecified atom stereocenters. The van der Waals surface area contributed by atoms with Gasteiger partial charge in [0.05, 0.1) is 10.8 Å². The molecular weight excluding hydrogens is 941 g/mol. The topological polar surface area (TPSA) is 137 Å². The number of fused-ring (bicyclic) bond motifs is 14. The standard InChI is InChI=1S/C67H108N4O5/c1-40(2)42-22-32-66(36-34-62(11)44(52(42)66)18-20-50-60(9)28-16-26-58(5,6)48(60)24-30-64(50,62)13)56(75)69-38-46(68-15)54(72)71-47(55(73)74)39-70-57(76)67-33-23-43(41(3)4)53(67)45-19-21-51-61(10)29-17-27-59(7,8)49(61)25-31-65(51,14)63(45,12)35-37-67/h42-53,68H,1,3,16-39H2,2,4-15H3,(H,69,75)(H,70,76)(H,71,72)(H,73,74). The molecule has 3 amide bonds. The van der Waals surface area contributed by atoms with Crippen LogP contribution >= 0.6 is 0 Å². The molecule has 0 aromatic rings. The highest BCUT2D eigenvalue weighted by atomic mass is 16.4. The molecule has 426 valence electrons. The zero-order chi connectivity index (χ0) is 55.2. The van der Waals surface area contributed by atoms with E-state index < -0.39 is 34.8 Å². The average molecular weight is 1050 g/mol. The van der Waals surface area contributed by atoms with Crippen LogP contribution in [0.5, 0.6) is 0 Å². The van der Waals surface area contributed by atoms with Gasteiger partial charge in [-0.05, 0) is 252 Å². The zero-order valence-electron chi connectivity index (χ0n) is 50.4. The lowest BCUT2D eigenvalue weighted by molar-refractivity contribution is -0.235. The molecule has 10 fully saturated rings. The normalized spacial score (nSPS) is 48.2. The summed E-state index contributed by atoms with van der Waals surface area (Å²) in [7, 11) is 1.69. The van der Waals surface area contributed by atoms with E-state index in [1.54, 1.807) is 7.05 Å². The molecule has 9 nitrogen and oxygen atoms in total. The second kappa shape index (κ2) is 19.0. The molecule has 0 aromatic heterocycles. The number of carbonyl (C=O) groups excluding carboxylic acids is 3. The first kappa shape index (κ1) is 56.6. The van der Waals surface area contributed by atoms with Crippen LogP contribution in [-0.2, 0) is 19.2 Å². The number of hydrogen-bond acceptors (Lipinski definition) is 5. The lowest BCUT2D eigenvalue weighted by Crippen LogP contribution is -2.66. The van der Waals surface area contributed by atoms with E-state index in [1.165, 1.54) is 88.2 Å². The molecule has 0 aromatic carbocycles. The Hall–Kier alpha value is -2.68. The van der Waals surface area contributed by atoms with E-state index in [1.807, 2.05) is 0 Å². The van der Waals surface area contributed by atoms with Gasteiger partial charge in [0.1, 0.15) is 12.1 Å². The van der Waals surface area contributed by atoms with Gasteiger partial charge in [0.15, 0.2) is 0 Å². The summed E-state index contributed by atoms with van der Waals surface area (Å²) in [5.74, 6) is 2.86. The lowest BCUT2D eigenvalue weighted by atomic mass is 9.32. The van der Waals surface area contributed by atoms with Crippen molar-refractivity contribution in [3.63, 3.8) is 0 Å². The van der Waals surface area contributed by atoms with Crippen LogP contribution in [0.3, 0.4) is 0 Å². The molecule has 10 aliphatic carbocycles. The summed E-state index contributed by atoms with van der Waals surface area (Å²) < 4.78 is 0. The Morgan fingerprint density at radius 1 is 0.487 bits per heavy atom. The van der Waals surface area contributed by atoms with E-state index in [0.717, 1.165) is 76.0 Å². The molecule has 10 rings (SSSR count). The number of aliphatic carboxylic acids is 1. The van der Waals surface area contributed by atoms with Gasteiger partial charge in [0, 0.05) is 13.1 Å². The molecule has 0 aliphatic heterocycles. The molecular formula is C67H108N4O5. The molecule has 0 heterocycles. The fraction of sp³-hybridized carbons (Fsp3) is 0.881. The van der Waals surface area contributed by atoms with Crippen molar-refractivity contribution in [1.29, 1.82) is 0 Å². The maximum Gasteiger partial charge on any atom is 0.328 e. The third-order valence-electron chi connectivity index (χ3n) is 28.7. The SMILES string of the molecule is C=C(C)C1CCC2(C(=O)NCC(NC(=O)C(CNC(=O)C34CCC(C(=C)C)C3C3CCC5C6(C)CCCC(C)(C)C6CCC5(C)C3(C)CC4)NC)C(=O)O)CCC3(C)C(CCC4C5(C)CCCC(C)(C)C5CCC43C)C12. The Kier molecular flexibility index (Phi) is 14.1. The van der Waals surface area contributed by atoms with Crippen LogP contribution < -0.4 is 21.3 Å². The highest BCUT2D eigenvalue weighted by Crippen LogP contribution is 2.80. The first-order valence-corrected chi connectivity index (χ1v) is 31.6. The largest absolute Gasteiger partial charge is 0.480 e. The van der Waals surface area contributed by atoms with Crippen molar-refractivity contribution in [2.75, 3.05) is 20.1 Å². The quantitative estimate of drug-likeness (QED) is 0.124. The molecule has 20 atom stereocenters. The van der Waals surface area contributed by atoms with Crippen molar-refractivity contribution in [3.8, 4) is 0 Å². The molecule has 10 aliphatic rings. The predicted molar refractivity (Wildman–Crippen MR) is 306 cm³/mol. The van der Waals surface area contributed by atoms with Crippen LogP contribution in [-0.4, -0.2) is 61.0 Å². The average Bonchev–Trinajstić information content (AvgIpc) is 3.98. The molecule has 9 heteroatoms. The van der Waals surface area contributed by atoms with Crippen LogP contribution in [0, 0.1) is 113 Å². The van der Waals surface area contributed by atoms with E-state index >= 15 is 9.59 Å². The summed E-state index contributed by atoms with van der Waals surface area (Å²) in [5.41, 5.74) is 3.26. The first-order valence-electron chi connectivity index (χ1n) is 31.6. The van der Waals surface area contributed by atoms with Gasteiger partial charge >= 0.3 is 5.97 Å². The Morgan fingerprint density at radius 3 is 1.28 bits per heavy atom. The Morgan fingerprint density at radius 2 is 0.895 bits per heavy atom. The predicted octanol–water partition coefficient (Wildman–Crippen LogP) is 13.5. The van der Waals surface area contributed by atoms with E-state index in [9.17, 15) is 14.7 Å². The molecule has 0 saturated heterocycles. The summed E-state index contributed by atoms with van der Waals surface area (Å²) in [5, 5.41) is 23.1. The minimum Gasteiger partial charge on any atom is -0.480 e. The third-order valence-corrected chi connectivity index (χ3v) is 28.7. The minimum absolute atomic E-state index is 0.0414. The van der Waals surface area contributed by atoms with Crippen molar-refractivity contribution in [1.82, 2.24) is 21.3 Å². The second-order valence-corrected chi connectivity index (χ2v) is 32.0. The second-order valence-electron chi connectivity index (χ2n) is 32.0. The smallest absolute Gasteiger partial charge is 0.328 e. The number of amides is 3. The molecule has 0 radical (unpaired) electrons. The lowest BCUT2D eigenvalue weighted by Gasteiger charge is -2.72. The fourth-order valence-electron chi connectivity index (χ4n) is 24.8. The van der Waals surface area contributed by atoms with Crippen LogP contribution in [0.15, 0.2) is 24.3 Å². The van der Waals surface area contributed by atoms with Gasteiger partial charge in [-0.15, -0.1) is 0 Å². The highest BCUT2D eigenvalue weighted by molar-refractivity contribution is 5.90. The number of carboxylic acids is 1. The number of rotatable bonds is 12. The van der Waals surface area contributed by atoms with E-state index in [0.29, 0.717) is 45.3 Å². The molecule has 10 saturated carbocycles. The van der Waals surface area contributed by atoms with Crippen molar-refractivity contribution in [2.45, 2.75) is 236 Å². The van der Waals surface area contributed by atoms with Gasteiger partial charge in [0.2, 0.25) is 17.7 Å². The molecule has 0 bridgehead atoms. The van der Waals surface area contributed by atoms with Gasteiger partial charge in [-0.3, -0.25) is 14.4 Å². The van der Waals surface area contributed by atoms with Crippen LogP contribution in [0.2, 0.25) is 0 Å². The number of allylic oxidation sites excluding steroid dienone is 2. The highest BCUT2D eigenvalue weighted by Gasteiger charge is 2.73. The fourth-order valence-corrected chi connectivity index (χ4v) is 24.8. The molecule has 76 heavy (non-hydrogen) atoms. The molecule has 5 N–H and O–H groups in total. The Bertz CT molecular complexity index is 2360. The summed E-state index contributed by atoms with van der Waals surface area (Å²) in [6.07, 6.45) is 25.0. The van der Waals surface area contributed by atoms with E-state index in [2.05, 4.69) is 118 Å². The van der Waals surface area contributed by atoms with Gasteiger partial charge in [-0.1, -0.05) is 106 Å². The summed E-state index contributed by atoms with van der Waals surface area (Å²) >= 11 is 0. The van der Waals surface area contributed by atoms with Gasteiger partial charge in [-0.2, -0.15) is 0 Å². The first-order chi connectivity index (χ1) is 35.5. The van der Waals surface area contributed by atoms with Gasteiger partial charge < -0.3 is 26.4 Å². The third kappa shape index (κ3) is 7.90. The molecule has 0 spiro atoms. The summed E-state index contributed by atoms with van der Waals surface area (Å²) in [6, 6.07) is -2.18. The van der Waals surface area contributed by atoms with E-state index in [4.69, 9.17) is 0 Å². The zero-order valence-corrected chi connectivity index (χ0v) is 50.4. The van der Waals surface area contributed by atoms with E-state index in [-0.39, 0.29) is 70.2 Å². The van der Waals surface area contributed by atoms with Crippen LogP contribution in [0.1, 0.15) is 224 Å². The van der Waals surface area contributed by atoms with Crippen molar-refractivity contribution >= 4 is 23.7 Å². The number of nitrogens with one attached hydrogen (secondary N) is 4. The Labute approximate surface area is 461 Å². The number of likely N-dealkylation sites (N-methyl/N-ethyl adjacent to an activating group) is 1. The van der Waals surface area contributed by atoms with Crippen LogP contribution in [0.4, 0.5) is 0 Å². The van der Waals surface area contributed by atoms with Gasteiger partial charge in [-0.25, -0.2) is 4.79 Å².